The average Bonchev–Trinajstić information content (AvgIpc) is 3.10. The fraction of sp³-hybridized carbons (Fsp3) is 0.275. The van der Waals surface area contributed by atoms with Crippen molar-refractivity contribution in [2.24, 2.45) is 11.5 Å². The van der Waals surface area contributed by atoms with E-state index >= 15 is 0 Å². The molecule has 0 aromatic heterocycles. The molecule has 4 rings (SSSR count). The molecule has 0 aliphatic heterocycles. The zero-order valence-electron chi connectivity index (χ0n) is 27.0. The predicted molar refractivity (Wildman–Crippen MR) is 189 cm³/mol. The normalized spacial score (nSPS) is 16.0. The van der Waals surface area contributed by atoms with Crippen molar-refractivity contribution in [2.75, 3.05) is 26.3 Å². The molecule has 47 heavy (non-hydrogen) atoms. The molecule has 0 amide bonds. The van der Waals surface area contributed by atoms with Crippen LogP contribution in [-0.2, 0) is 27.5 Å². The van der Waals surface area contributed by atoms with Crippen molar-refractivity contribution < 1.29 is 23.7 Å². The van der Waals surface area contributed by atoms with E-state index < -0.39 is 0 Å². The highest BCUT2D eigenvalue weighted by Gasteiger charge is 2.22. The number of benzene rings is 3. The maximum absolute atomic E-state index is 12.8. The summed E-state index contributed by atoms with van der Waals surface area (Å²) in [6.07, 6.45) is 14.5. The van der Waals surface area contributed by atoms with E-state index in [4.69, 9.17) is 30.4 Å². The molecule has 1 aliphatic carbocycles. The molecule has 246 valence electrons. The molecule has 0 radical (unpaired) electrons. The Balaban J connectivity index is 1.34. The van der Waals surface area contributed by atoms with E-state index in [-0.39, 0.29) is 24.4 Å². The highest BCUT2D eigenvalue weighted by atomic mass is 16.5. The number of carbonyl (C=O) groups is 1. The second kappa shape index (κ2) is 19.9. The van der Waals surface area contributed by atoms with E-state index in [0.29, 0.717) is 56.6 Å². The molecule has 3 aromatic carbocycles. The first-order valence-electron chi connectivity index (χ1n) is 16.1. The first-order valence-corrected chi connectivity index (χ1v) is 16.1. The number of rotatable bonds is 20. The minimum Gasteiger partial charge on any atom is -0.490 e. The second-order valence-electron chi connectivity index (χ2n) is 11.2. The summed E-state index contributed by atoms with van der Waals surface area (Å²) in [6.45, 7) is 7.17. The molecule has 0 spiro atoms. The van der Waals surface area contributed by atoms with Gasteiger partial charge in [0.25, 0.3) is 0 Å². The highest BCUT2D eigenvalue weighted by Crippen LogP contribution is 2.30. The SMILES string of the molecule is C=C(/C=C/C1=CC(OCc2ccccc2)C(OCCCN)C=C1)CC(=O)/C=C/c1ccc(OCCCN)c(OCc2ccccc2)c1. The van der Waals surface area contributed by atoms with Crippen LogP contribution in [0.4, 0.5) is 0 Å². The van der Waals surface area contributed by atoms with Gasteiger partial charge in [-0.15, -0.1) is 0 Å². The van der Waals surface area contributed by atoms with E-state index in [1.165, 1.54) is 0 Å². The van der Waals surface area contributed by atoms with Gasteiger partial charge in [-0.25, -0.2) is 0 Å². The summed E-state index contributed by atoms with van der Waals surface area (Å²) in [5, 5.41) is 0. The second-order valence-corrected chi connectivity index (χ2v) is 11.2. The number of allylic oxidation sites excluding steroid dienone is 6. The molecule has 0 bridgehead atoms. The van der Waals surface area contributed by atoms with Gasteiger partial charge >= 0.3 is 0 Å². The Morgan fingerprint density at radius 3 is 2.17 bits per heavy atom. The minimum atomic E-state index is -0.255. The van der Waals surface area contributed by atoms with Crippen molar-refractivity contribution in [2.45, 2.75) is 44.7 Å². The van der Waals surface area contributed by atoms with E-state index in [1.54, 1.807) is 12.2 Å². The largest absolute Gasteiger partial charge is 0.490 e. The Hall–Kier alpha value is -4.53. The molecule has 0 fully saturated rings. The maximum atomic E-state index is 12.8. The van der Waals surface area contributed by atoms with Crippen molar-refractivity contribution in [3.05, 3.63) is 150 Å². The fourth-order valence-corrected chi connectivity index (χ4v) is 4.74. The lowest BCUT2D eigenvalue weighted by Crippen LogP contribution is -2.31. The molecule has 7 heteroatoms. The van der Waals surface area contributed by atoms with Crippen LogP contribution in [0.2, 0.25) is 0 Å². The summed E-state index contributed by atoms with van der Waals surface area (Å²) in [5.74, 6) is 1.20. The summed E-state index contributed by atoms with van der Waals surface area (Å²) in [5.41, 5.74) is 15.9. The van der Waals surface area contributed by atoms with Gasteiger partial charge in [-0.2, -0.15) is 0 Å². The predicted octanol–water partition coefficient (Wildman–Crippen LogP) is 6.89. The molecule has 0 heterocycles. The van der Waals surface area contributed by atoms with Crippen molar-refractivity contribution >= 4 is 11.9 Å². The summed E-state index contributed by atoms with van der Waals surface area (Å²) in [7, 11) is 0. The maximum Gasteiger partial charge on any atom is 0.162 e. The number of hydrogen-bond acceptors (Lipinski definition) is 7. The van der Waals surface area contributed by atoms with E-state index in [0.717, 1.165) is 35.1 Å². The number of nitrogens with two attached hydrogens (primary N) is 2. The molecule has 7 nitrogen and oxygen atoms in total. The van der Waals surface area contributed by atoms with Crippen molar-refractivity contribution in [3.63, 3.8) is 0 Å². The monoisotopic (exact) mass is 634 g/mol. The summed E-state index contributed by atoms with van der Waals surface area (Å²) >= 11 is 0. The highest BCUT2D eigenvalue weighted by molar-refractivity contribution is 5.95. The van der Waals surface area contributed by atoms with Gasteiger partial charge < -0.3 is 30.4 Å². The van der Waals surface area contributed by atoms with Gasteiger partial charge in [0.05, 0.1) is 13.2 Å². The van der Waals surface area contributed by atoms with Gasteiger partial charge in [0.2, 0.25) is 0 Å². The van der Waals surface area contributed by atoms with Gasteiger partial charge in [0, 0.05) is 13.0 Å². The first-order chi connectivity index (χ1) is 23.0. The van der Waals surface area contributed by atoms with Gasteiger partial charge in [-0.3, -0.25) is 4.79 Å². The Kier molecular flexibility index (Phi) is 14.9. The third kappa shape index (κ3) is 12.6. The molecule has 2 unspecified atom stereocenters. The van der Waals surface area contributed by atoms with E-state index in [9.17, 15) is 4.79 Å². The van der Waals surface area contributed by atoms with Crippen LogP contribution in [0.3, 0.4) is 0 Å². The van der Waals surface area contributed by atoms with Crippen molar-refractivity contribution in [1.82, 2.24) is 0 Å². The van der Waals surface area contributed by atoms with Gasteiger partial charge in [0.1, 0.15) is 18.8 Å². The number of ether oxygens (including phenoxy) is 4. The Morgan fingerprint density at radius 1 is 0.745 bits per heavy atom. The third-order valence-corrected chi connectivity index (χ3v) is 7.29. The minimum absolute atomic E-state index is 0.0553. The standard InChI is InChI=1S/C40H46N2O5/c1-31(14-15-32-17-20-37(44-24-8-22-41)39(27-32)46-29-34-10-4-2-5-11-34)26-36(43)19-16-33-18-21-38(45-25-9-23-42)40(28-33)47-30-35-12-6-3-7-13-35/h2-7,10-21,27-28,37,39H,1,8-9,22-26,29-30,41-42H2/b15-14+,19-16+. The smallest absolute Gasteiger partial charge is 0.162 e. The zero-order chi connectivity index (χ0) is 33.1. The molecule has 4 N–H and O–H groups in total. The van der Waals surface area contributed by atoms with Crippen LogP contribution < -0.4 is 20.9 Å². The Morgan fingerprint density at radius 2 is 1.45 bits per heavy atom. The molecular weight excluding hydrogens is 588 g/mol. The topological polar surface area (TPSA) is 106 Å². The van der Waals surface area contributed by atoms with E-state index in [2.05, 4.69) is 6.58 Å². The van der Waals surface area contributed by atoms with Crippen LogP contribution in [0.5, 0.6) is 11.5 Å². The molecule has 0 saturated carbocycles. The molecule has 3 aromatic rings. The first kappa shape index (κ1) is 35.3. The molecule has 2 atom stereocenters. The molecule has 0 saturated heterocycles. The van der Waals surface area contributed by atoms with Gasteiger partial charge in [-0.05, 0) is 78.1 Å². The van der Waals surface area contributed by atoms with Crippen LogP contribution >= 0.6 is 0 Å². The van der Waals surface area contributed by atoms with Crippen molar-refractivity contribution in [3.8, 4) is 11.5 Å². The van der Waals surface area contributed by atoms with Crippen molar-refractivity contribution in [1.29, 1.82) is 0 Å². The zero-order valence-corrected chi connectivity index (χ0v) is 27.0. The summed E-state index contributed by atoms with van der Waals surface area (Å²) < 4.78 is 24.3. The lowest BCUT2D eigenvalue weighted by atomic mass is 10.00. The van der Waals surface area contributed by atoms with Crippen LogP contribution in [0.1, 0.15) is 36.0 Å². The lowest BCUT2D eigenvalue weighted by molar-refractivity contribution is -0.113. The van der Waals surface area contributed by atoms with Crippen LogP contribution in [0.25, 0.3) is 6.08 Å². The van der Waals surface area contributed by atoms with E-state index in [1.807, 2.05) is 109 Å². The lowest BCUT2D eigenvalue weighted by Gasteiger charge is -2.26. The Bertz CT molecular complexity index is 1530. The summed E-state index contributed by atoms with van der Waals surface area (Å²) in [6, 6.07) is 25.6. The molecular formula is C40H46N2O5. The summed E-state index contributed by atoms with van der Waals surface area (Å²) in [4.78, 5) is 12.8. The number of hydrogen-bond donors (Lipinski definition) is 2. The van der Waals surface area contributed by atoms with Crippen LogP contribution in [-0.4, -0.2) is 44.3 Å². The number of carbonyl (C=O) groups excluding carboxylic acids is 1. The van der Waals surface area contributed by atoms with Crippen LogP contribution in [0, 0.1) is 0 Å². The fourth-order valence-electron chi connectivity index (χ4n) is 4.74. The van der Waals surface area contributed by atoms with Gasteiger partial charge in [-0.1, -0.05) is 104 Å². The number of ketones is 1. The quantitative estimate of drug-likeness (QED) is 0.0792. The average molecular weight is 635 g/mol. The third-order valence-electron chi connectivity index (χ3n) is 7.29. The van der Waals surface area contributed by atoms with Crippen LogP contribution in [0.15, 0.2) is 133 Å². The Labute approximate surface area is 278 Å². The van der Waals surface area contributed by atoms with Gasteiger partial charge in [0.15, 0.2) is 17.3 Å². The molecule has 1 aliphatic rings.